The lowest BCUT2D eigenvalue weighted by atomic mass is 10.1. The fraction of sp³-hybridized carbons (Fsp3) is 0. The zero-order valence-corrected chi connectivity index (χ0v) is 16.0. The van der Waals surface area contributed by atoms with Crippen molar-refractivity contribution in [2.75, 3.05) is 16.4 Å². The molecule has 10 heteroatoms. The van der Waals surface area contributed by atoms with Gasteiger partial charge in [-0.1, -0.05) is 12.1 Å². The Balaban J connectivity index is 1.74. The first-order valence-electron chi connectivity index (χ1n) is 8.92. The highest BCUT2D eigenvalue weighted by Gasteiger charge is 2.16. The second-order valence-electron chi connectivity index (χ2n) is 6.42. The normalized spacial score (nSPS) is 10.2. The van der Waals surface area contributed by atoms with E-state index in [2.05, 4.69) is 10.6 Å². The summed E-state index contributed by atoms with van der Waals surface area (Å²) in [5.41, 5.74) is 12.1. The molecule has 0 bridgehead atoms. The SMILES string of the molecule is NC(=O)c1cccc(C(=O)Nc2cccc(NC(=O)c3ccc([N+](=O)[O-])cc3)c2)c1N. The summed E-state index contributed by atoms with van der Waals surface area (Å²) in [4.78, 5) is 46.5. The molecule has 31 heavy (non-hydrogen) atoms. The van der Waals surface area contributed by atoms with Gasteiger partial charge in [0.15, 0.2) is 0 Å². The van der Waals surface area contributed by atoms with Crippen LogP contribution in [0, 0.1) is 10.1 Å². The van der Waals surface area contributed by atoms with E-state index >= 15 is 0 Å². The molecule has 0 saturated heterocycles. The van der Waals surface area contributed by atoms with Crippen molar-refractivity contribution in [3.05, 3.63) is 93.5 Å². The molecule has 0 aliphatic heterocycles. The fourth-order valence-corrected chi connectivity index (χ4v) is 2.79. The number of rotatable bonds is 6. The van der Waals surface area contributed by atoms with Crippen LogP contribution in [0.15, 0.2) is 66.7 Å². The first kappa shape index (κ1) is 21.0. The number of hydrogen-bond donors (Lipinski definition) is 4. The van der Waals surface area contributed by atoms with Gasteiger partial charge in [-0.15, -0.1) is 0 Å². The Morgan fingerprint density at radius 2 is 1.35 bits per heavy atom. The summed E-state index contributed by atoms with van der Waals surface area (Å²) < 4.78 is 0. The van der Waals surface area contributed by atoms with Crippen LogP contribution in [0.25, 0.3) is 0 Å². The Hall–Kier alpha value is -4.73. The first-order valence-corrected chi connectivity index (χ1v) is 8.92. The summed E-state index contributed by atoms with van der Waals surface area (Å²) in [5, 5.41) is 16.0. The van der Waals surface area contributed by atoms with Crippen molar-refractivity contribution in [3.8, 4) is 0 Å². The summed E-state index contributed by atoms with van der Waals surface area (Å²) in [7, 11) is 0. The van der Waals surface area contributed by atoms with E-state index in [0.717, 1.165) is 0 Å². The molecule has 3 aromatic carbocycles. The van der Waals surface area contributed by atoms with Gasteiger partial charge in [-0.25, -0.2) is 0 Å². The molecule has 3 rings (SSSR count). The predicted molar refractivity (Wildman–Crippen MR) is 115 cm³/mol. The van der Waals surface area contributed by atoms with Gasteiger partial charge in [-0.05, 0) is 42.5 Å². The Labute approximate surface area is 176 Å². The second kappa shape index (κ2) is 8.74. The third-order valence-electron chi connectivity index (χ3n) is 4.33. The van der Waals surface area contributed by atoms with E-state index in [1.54, 1.807) is 18.2 Å². The van der Waals surface area contributed by atoms with Crippen LogP contribution in [0.4, 0.5) is 22.7 Å². The number of para-hydroxylation sites is 1. The van der Waals surface area contributed by atoms with Crippen molar-refractivity contribution in [1.29, 1.82) is 0 Å². The maximum Gasteiger partial charge on any atom is 0.269 e. The van der Waals surface area contributed by atoms with E-state index in [0.29, 0.717) is 11.4 Å². The number of hydrogen-bond acceptors (Lipinski definition) is 6. The predicted octanol–water partition coefficient (Wildman–Crippen LogP) is 2.78. The molecule has 3 amide bonds. The van der Waals surface area contributed by atoms with E-state index in [9.17, 15) is 24.5 Å². The minimum absolute atomic E-state index is 0.0323. The summed E-state index contributed by atoms with van der Waals surface area (Å²) in [6, 6.07) is 15.9. The minimum atomic E-state index is -0.747. The van der Waals surface area contributed by atoms with Crippen molar-refractivity contribution in [2.45, 2.75) is 0 Å². The van der Waals surface area contributed by atoms with Gasteiger partial charge in [0, 0.05) is 29.1 Å². The van der Waals surface area contributed by atoms with Crippen LogP contribution >= 0.6 is 0 Å². The Bertz CT molecular complexity index is 1190. The third-order valence-corrected chi connectivity index (χ3v) is 4.33. The average Bonchev–Trinajstić information content (AvgIpc) is 2.74. The third kappa shape index (κ3) is 4.82. The number of carbonyl (C=O) groups excluding carboxylic acids is 3. The zero-order chi connectivity index (χ0) is 22.5. The smallest absolute Gasteiger partial charge is 0.269 e. The largest absolute Gasteiger partial charge is 0.397 e. The monoisotopic (exact) mass is 419 g/mol. The number of nitrogens with zero attached hydrogens (tertiary/aromatic N) is 1. The number of anilines is 3. The fourth-order valence-electron chi connectivity index (χ4n) is 2.79. The van der Waals surface area contributed by atoms with Crippen molar-refractivity contribution in [1.82, 2.24) is 0 Å². The first-order chi connectivity index (χ1) is 14.8. The van der Waals surface area contributed by atoms with E-state index in [4.69, 9.17) is 11.5 Å². The molecule has 0 fully saturated rings. The number of nitro groups is 1. The molecule has 0 heterocycles. The molecule has 0 radical (unpaired) electrons. The van der Waals surface area contributed by atoms with Crippen LogP contribution < -0.4 is 22.1 Å². The van der Waals surface area contributed by atoms with Gasteiger partial charge in [0.1, 0.15) is 0 Å². The standard InChI is InChI=1S/C21H17N5O5/c22-18-16(19(23)27)5-2-6-17(18)21(29)25-14-4-1-3-13(11-14)24-20(28)12-7-9-15(10-8-12)26(30)31/h1-11H,22H2,(H2,23,27)(H,24,28)(H,25,29). The van der Waals surface area contributed by atoms with E-state index in [-0.39, 0.29) is 28.1 Å². The second-order valence-corrected chi connectivity index (χ2v) is 6.42. The number of benzene rings is 3. The summed E-state index contributed by atoms with van der Waals surface area (Å²) in [6.45, 7) is 0. The van der Waals surface area contributed by atoms with E-state index in [1.807, 2.05) is 0 Å². The van der Waals surface area contributed by atoms with Crippen LogP contribution in [-0.4, -0.2) is 22.6 Å². The maximum atomic E-state index is 12.6. The van der Waals surface area contributed by atoms with Crippen molar-refractivity contribution >= 4 is 40.5 Å². The highest BCUT2D eigenvalue weighted by Crippen LogP contribution is 2.21. The molecule has 3 aromatic rings. The number of nitro benzene ring substituents is 1. The minimum Gasteiger partial charge on any atom is -0.397 e. The van der Waals surface area contributed by atoms with Crippen molar-refractivity contribution in [2.24, 2.45) is 5.73 Å². The Kier molecular flexibility index (Phi) is 5.92. The molecule has 0 aliphatic rings. The number of carbonyl (C=O) groups is 3. The highest BCUT2D eigenvalue weighted by molar-refractivity contribution is 6.12. The Morgan fingerprint density at radius 3 is 1.94 bits per heavy atom. The van der Waals surface area contributed by atoms with Gasteiger partial charge in [0.05, 0.1) is 21.7 Å². The lowest BCUT2D eigenvalue weighted by Crippen LogP contribution is -2.19. The molecule has 0 atom stereocenters. The molecule has 0 spiro atoms. The van der Waals surface area contributed by atoms with Crippen LogP contribution in [0.2, 0.25) is 0 Å². The van der Waals surface area contributed by atoms with Crippen LogP contribution in [0.1, 0.15) is 31.1 Å². The lowest BCUT2D eigenvalue weighted by molar-refractivity contribution is -0.384. The molecular weight excluding hydrogens is 402 g/mol. The Morgan fingerprint density at radius 1 is 0.806 bits per heavy atom. The number of primary amides is 1. The van der Waals surface area contributed by atoms with E-state index in [1.165, 1.54) is 48.5 Å². The molecule has 156 valence electrons. The zero-order valence-electron chi connectivity index (χ0n) is 16.0. The number of amides is 3. The molecule has 0 saturated carbocycles. The number of nitrogen functional groups attached to an aromatic ring is 1. The summed E-state index contributed by atoms with van der Waals surface area (Å²) >= 11 is 0. The van der Waals surface area contributed by atoms with E-state index < -0.39 is 22.6 Å². The molecule has 6 N–H and O–H groups in total. The van der Waals surface area contributed by atoms with Gasteiger partial charge >= 0.3 is 0 Å². The van der Waals surface area contributed by atoms with Crippen molar-refractivity contribution < 1.29 is 19.3 Å². The number of nitrogens with two attached hydrogens (primary N) is 2. The highest BCUT2D eigenvalue weighted by atomic mass is 16.6. The van der Waals surface area contributed by atoms with Crippen LogP contribution in [0.3, 0.4) is 0 Å². The molecule has 0 unspecified atom stereocenters. The quantitative estimate of drug-likeness (QED) is 0.272. The topological polar surface area (TPSA) is 170 Å². The summed E-state index contributed by atoms with van der Waals surface area (Å²) in [5.74, 6) is -1.78. The van der Waals surface area contributed by atoms with Crippen LogP contribution in [0.5, 0.6) is 0 Å². The van der Waals surface area contributed by atoms with Gasteiger partial charge in [0.2, 0.25) is 0 Å². The molecule has 0 aliphatic carbocycles. The molecule has 10 nitrogen and oxygen atoms in total. The lowest BCUT2D eigenvalue weighted by Gasteiger charge is -2.11. The molecule has 0 aromatic heterocycles. The molecular formula is C21H17N5O5. The summed E-state index contributed by atoms with van der Waals surface area (Å²) in [6.07, 6.45) is 0. The van der Waals surface area contributed by atoms with Crippen LogP contribution in [-0.2, 0) is 0 Å². The van der Waals surface area contributed by atoms with Crippen molar-refractivity contribution in [3.63, 3.8) is 0 Å². The van der Waals surface area contributed by atoms with Gasteiger partial charge in [0.25, 0.3) is 23.4 Å². The van der Waals surface area contributed by atoms with Gasteiger partial charge in [-0.2, -0.15) is 0 Å². The maximum absolute atomic E-state index is 12.6. The van der Waals surface area contributed by atoms with Gasteiger partial charge in [-0.3, -0.25) is 24.5 Å². The van der Waals surface area contributed by atoms with Gasteiger partial charge < -0.3 is 22.1 Å². The average molecular weight is 419 g/mol. The number of nitrogens with one attached hydrogen (secondary N) is 2. The number of non-ortho nitro benzene ring substituents is 1.